The fourth-order valence-electron chi connectivity index (χ4n) is 1.69. The van der Waals surface area contributed by atoms with Crippen molar-refractivity contribution < 1.29 is 9.63 Å². The lowest BCUT2D eigenvalue weighted by atomic mass is 10.1. The molecule has 0 spiro atoms. The van der Waals surface area contributed by atoms with E-state index in [4.69, 9.17) is 4.52 Å². The van der Waals surface area contributed by atoms with Crippen molar-refractivity contribution in [3.63, 3.8) is 0 Å². The van der Waals surface area contributed by atoms with Crippen LogP contribution in [0, 0.1) is 0 Å². The third-order valence-corrected chi connectivity index (χ3v) is 2.59. The zero-order valence-electron chi connectivity index (χ0n) is 9.81. The highest BCUT2D eigenvalue weighted by Crippen LogP contribution is 2.30. The maximum absolute atomic E-state index is 9.81. The second kappa shape index (κ2) is 4.87. The van der Waals surface area contributed by atoms with Crippen molar-refractivity contribution in [1.82, 2.24) is 5.16 Å². The minimum absolute atomic E-state index is 0.201. The predicted octanol–water partition coefficient (Wildman–Crippen LogP) is 3.64. The summed E-state index contributed by atoms with van der Waals surface area (Å²) in [6.07, 6.45) is 3.60. The number of hydrogen-bond donors (Lipinski definition) is 1. The number of aromatic hydroxyl groups is 1. The summed E-state index contributed by atoms with van der Waals surface area (Å²) in [4.78, 5) is 0. The van der Waals surface area contributed by atoms with Crippen LogP contribution in [0.5, 0.6) is 5.75 Å². The number of phenolic OH excluding ortho intramolecular Hbond substituents is 1. The van der Waals surface area contributed by atoms with E-state index in [1.807, 2.05) is 12.1 Å². The number of nitrogens with zero attached hydrogens (tertiary/aromatic N) is 1. The lowest BCUT2D eigenvalue weighted by molar-refractivity contribution is 0.384. The summed E-state index contributed by atoms with van der Waals surface area (Å²) in [7, 11) is 0. The summed E-state index contributed by atoms with van der Waals surface area (Å²) in [6, 6.07) is 7.15. The van der Waals surface area contributed by atoms with Gasteiger partial charge in [-0.3, -0.25) is 0 Å². The lowest BCUT2D eigenvalue weighted by Crippen LogP contribution is -1.81. The summed E-state index contributed by atoms with van der Waals surface area (Å²) in [5.74, 6) is 1.04. The van der Waals surface area contributed by atoms with Crippen LogP contribution in [0.3, 0.4) is 0 Å². The van der Waals surface area contributed by atoms with E-state index in [0.29, 0.717) is 11.3 Å². The first-order chi connectivity index (χ1) is 8.24. The molecule has 1 heterocycles. The van der Waals surface area contributed by atoms with Crippen molar-refractivity contribution in [2.45, 2.75) is 19.8 Å². The van der Waals surface area contributed by atoms with Gasteiger partial charge in [0, 0.05) is 18.1 Å². The molecule has 0 bridgehead atoms. The van der Waals surface area contributed by atoms with Gasteiger partial charge in [-0.15, -0.1) is 0 Å². The van der Waals surface area contributed by atoms with Gasteiger partial charge < -0.3 is 9.63 Å². The Morgan fingerprint density at radius 3 is 2.94 bits per heavy atom. The summed E-state index contributed by atoms with van der Waals surface area (Å²) in [5.41, 5.74) is 2.28. The molecule has 3 nitrogen and oxygen atoms in total. The number of hydrogen-bond acceptors (Lipinski definition) is 3. The van der Waals surface area contributed by atoms with Crippen LogP contribution < -0.4 is 0 Å². The Morgan fingerprint density at radius 1 is 1.41 bits per heavy atom. The van der Waals surface area contributed by atoms with Crippen LogP contribution in [0.15, 0.2) is 35.4 Å². The van der Waals surface area contributed by atoms with Gasteiger partial charge in [-0.2, -0.15) is 0 Å². The van der Waals surface area contributed by atoms with Crippen LogP contribution >= 0.6 is 0 Å². The molecule has 17 heavy (non-hydrogen) atoms. The van der Waals surface area contributed by atoms with Crippen LogP contribution in [-0.2, 0) is 6.42 Å². The number of benzene rings is 1. The Balaban J connectivity index is 2.40. The smallest absolute Gasteiger partial charge is 0.137 e. The second-order valence-electron chi connectivity index (χ2n) is 3.91. The Kier molecular flexibility index (Phi) is 3.28. The molecular formula is C14H15NO2. The van der Waals surface area contributed by atoms with Gasteiger partial charge in [0.05, 0.1) is 0 Å². The predicted molar refractivity (Wildman–Crippen MR) is 67.7 cm³/mol. The first-order valence-electron chi connectivity index (χ1n) is 5.66. The zero-order chi connectivity index (χ0) is 12.3. The van der Waals surface area contributed by atoms with Crippen LogP contribution in [-0.4, -0.2) is 10.3 Å². The number of aromatic nitrogens is 1. The molecule has 0 radical (unpaired) electrons. The minimum atomic E-state index is 0.201. The fourth-order valence-corrected chi connectivity index (χ4v) is 1.69. The molecule has 0 fully saturated rings. The molecule has 0 aliphatic heterocycles. The monoisotopic (exact) mass is 229 g/mol. The van der Waals surface area contributed by atoms with E-state index < -0.39 is 0 Å². The Labute approximate surface area is 100 Å². The molecule has 3 heteroatoms. The second-order valence-corrected chi connectivity index (χ2v) is 3.91. The molecular weight excluding hydrogens is 214 g/mol. The number of rotatable bonds is 4. The van der Waals surface area contributed by atoms with E-state index in [-0.39, 0.29) is 5.75 Å². The van der Waals surface area contributed by atoms with Gasteiger partial charge in [0.1, 0.15) is 17.2 Å². The van der Waals surface area contributed by atoms with Gasteiger partial charge in [0.2, 0.25) is 0 Å². The lowest BCUT2D eigenvalue weighted by Gasteiger charge is -2.01. The molecule has 0 aliphatic carbocycles. The SMILES string of the molecule is C=Cc1ccc(O)c(-c2cc(CCC)on2)c1. The molecule has 1 aromatic heterocycles. The average Bonchev–Trinajstić information content (AvgIpc) is 2.79. The molecule has 0 saturated heterocycles. The van der Waals surface area contributed by atoms with Crippen LogP contribution in [0.4, 0.5) is 0 Å². The Bertz CT molecular complexity index is 529. The molecule has 0 atom stereocenters. The van der Waals surface area contributed by atoms with Crippen molar-refractivity contribution in [2.75, 3.05) is 0 Å². The molecule has 0 saturated carbocycles. The van der Waals surface area contributed by atoms with E-state index >= 15 is 0 Å². The maximum atomic E-state index is 9.81. The minimum Gasteiger partial charge on any atom is -0.507 e. The van der Waals surface area contributed by atoms with Gasteiger partial charge in [-0.25, -0.2) is 0 Å². The Hall–Kier alpha value is -2.03. The normalized spacial score (nSPS) is 10.4. The highest BCUT2D eigenvalue weighted by Gasteiger charge is 2.10. The largest absolute Gasteiger partial charge is 0.507 e. The first-order valence-corrected chi connectivity index (χ1v) is 5.66. The molecule has 0 aliphatic rings. The van der Waals surface area contributed by atoms with E-state index in [0.717, 1.165) is 24.2 Å². The van der Waals surface area contributed by atoms with E-state index in [1.54, 1.807) is 18.2 Å². The summed E-state index contributed by atoms with van der Waals surface area (Å²) < 4.78 is 5.20. The van der Waals surface area contributed by atoms with Crippen LogP contribution in [0.1, 0.15) is 24.7 Å². The highest BCUT2D eigenvalue weighted by molar-refractivity contribution is 5.70. The van der Waals surface area contributed by atoms with E-state index in [1.165, 1.54) is 0 Å². The molecule has 2 aromatic rings. The van der Waals surface area contributed by atoms with Crippen molar-refractivity contribution in [1.29, 1.82) is 0 Å². The van der Waals surface area contributed by atoms with Crippen molar-refractivity contribution in [3.8, 4) is 17.0 Å². The molecule has 1 N–H and O–H groups in total. The fraction of sp³-hybridized carbons (Fsp3) is 0.214. The third-order valence-electron chi connectivity index (χ3n) is 2.59. The number of aryl methyl sites for hydroxylation is 1. The summed E-state index contributed by atoms with van der Waals surface area (Å²) in [5, 5.41) is 13.8. The van der Waals surface area contributed by atoms with Gasteiger partial charge in [0.15, 0.2) is 0 Å². The van der Waals surface area contributed by atoms with E-state index in [2.05, 4.69) is 18.7 Å². The van der Waals surface area contributed by atoms with Gasteiger partial charge in [0.25, 0.3) is 0 Å². The topological polar surface area (TPSA) is 46.3 Å². The van der Waals surface area contributed by atoms with Crippen LogP contribution in [0.25, 0.3) is 17.3 Å². The van der Waals surface area contributed by atoms with E-state index in [9.17, 15) is 5.11 Å². The van der Waals surface area contributed by atoms with Crippen LogP contribution in [0.2, 0.25) is 0 Å². The Morgan fingerprint density at radius 2 is 2.24 bits per heavy atom. The third kappa shape index (κ3) is 2.38. The quantitative estimate of drug-likeness (QED) is 0.870. The average molecular weight is 229 g/mol. The van der Waals surface area contributed by atoms with Gasteiger partial charge in [-0.1, -0.05) is 30.8 Å². The summed E-state index contributed by atoms with van der Waals surface area (Å²) >= 11 is 0. The van der Waals surface area contributed by atoms with Gasteiger partial charge >= 0.3 is 0 Å². The first kappa shape index (κ1) is 11.5. The highest BCUT2D eigenvalue weighted by atomic mass is 16.5. The molecule has 88 valence electrons. The van der Waals surface area contributed by atoms with Crippen molar-refractivity contribution in [3.05, 3.63) is 42.2 Å². The number of phenols is 1. The molecule has 0 unspecified atom stereocenters. The zero-order valence-corrected chi connectivity index (χ0v) is 9.81. The van der Waals surface area contributed by atoms with Crippen molar-refractivity contribution >= 4 is 6.08 Å². The van der Waals surface area contributed by atoms with Crippen molar-refractivity contribution in [2.24, 2.45) is 0 Å². The van der Waals surface area contributed by atoms with Gasteiger partial charge in [-0.05, 0) is 24.1 Å². The summed E-state index contributed by atoms with van der Waals surface area (Å²) in [6.45, 7) is 5.79. The molecule has 0 amide bonds. The maximum Gasteiger partial charge on any atom is 0.137 e. The molecule has 2 rings (SSSR count). The standard InChI is InChI=1S/C14H15NO2/c1-3-5-11-9-13(15-17-11)12-8-10(4-2)6-7-14(12)16/h4,6-9,16H,2-3,5H2,1H3. The molecule has 1 aromatic carbocycles.